The number of rotatable bonds is 3. The number of hydrogen-bond donors (Lipinski definition) is 0. The average Bonchev–Trinajstić information content (AvgIpc) is 2.72. The lowest BCUT2D eigenvalue weighted by atomic mass is 10.2. The second-order valence-electron chi connectivity index (χ2n) is 3.45. The number of pyridine rings is 1. The molecule has 0 fully saturated rings. The zero-order chi connectivity index (χ0) is 11.5. The van der Waals surface area contributed by atoms with Crippen LogP contribution in [-0.2, 0) is 11.2 Å². The van der Waals surface area contributed by atoms with Crippen LogP contribution >= 0.6 is 0 Å². The van der Waals surface area contributed by atoms with E-state index in [4.69, 9.17) is 4.74 Å². The number of hydrogen-bond acceptors (Lipinski definition) is 3. The van der Waals surface area contributed by atoms with Gasteiger partial charge in [0.25, 0.3) is 0 Å². The highest BCUT2D eigenvalue weighted by Crippen LogP contribution is 2.14. The normalized spacial score (nSPS) is 10.6. The fraction of sp³-hybridized carbons (Fsp3) is 0.333. The second kappa shape index (κ2) is 4.35. The number of aryl methyl sites for hydroxylation is 1. The first-order valence-corrected chi connectivity index (χ1v) is 5.40. The molecule has 84 valence electrons. The van der Waals surface area contributed by atoms with E-state index >= 15 is 0 Å². The van der Waals surface area contributed by atoms with E-state index in [9.17, 15) is 4.79 Å². The molecule has 0 bridgehead atoms. The van der Waals surface area contributed by atoms with Crippen LogP contribution in [0.2, 0.25) is 0 Å². The first-order valence-electron chi connectivity index (χ1n) is 5.40. The minimum absolute atomic E-state index is 0.314. The Morgan fingerprint density at radius 1 is 1.44 bits per heavy atom. The minimum Gasteiger partial charge on any atom is -0.462 e. The first-order chi connectivity index (χ1) is 7.77. The summed E-state index contributed by atoms with van der Waals surface area (Å²) in [4.78, 5) is 11.6. The molecule has 2 aromatic rings. The van der Waals surface area contributed by atoms with Gasteiger partial charge >= 0.3 is 5.97 Å². The van der Waals surface area contributed by atoms with Crippen molar-refractivity contribution in [2.24, 2.45) is 0 Å². The third kappa shape index (κ3) is 1.66. The fourth-order valence-corrected chi connectivity index (χ4v) is 1.70. The molecule has 0 unspecified atom stereocenters. The maximum atomic E-state index is 11.6. The molecule has 16 heavy (non-hydrogen) atoms. The summed E-state index contributed by atoms with van der Waals surface area (Å²) >= 11 is 0. The third-order valence-electron chi connectivity index (χ3n) is 2.48. The molecule has 2 heterocycles. The van der Waals surface area contributed by atoms with Gasteiger partial charge in [-0.2, -0.15) is 5.10 Å². The van der Waals surface area contributed by atoms with Crippen LogP contribution in [0.3, 0.4) is 0 Å². The van der Waals surface area contributed by atoms with E-state index in [0.29, 0.717) is 12.2 Å². The molecule has 0 N–H and O–H groups in total. The van der Waals surface area contributed by atoms with E-state index in [0.717, 1.165) is 17.6 Å². The molecule has 0 amide bonds. The highest BCUT2D eigenvalue weighted by atomic mass is 16.5. The van der Waals surface area contributed by atoms with Gasteiger partial charge in [-0.25, -0.2) is 9.31 Å². The number of aromatic nitrogens is 2. The largest absolute Gasteiger partial charge is 0.462 e. The van der Waals surface area contributed by atoms with Crippen LogP contribution in [0.1, 0.15) is 29.9 Å². The van der Waals surface area contributed by atoms with Crippen LogP contribution in [0.5, 0.6) is 0 Å². The molecule has 0 aliphatic carbocycles. The standard InChI is InChI=1S/C12H14N2O2/c1-3-9-6-5-7-11-10(8-13-14(9)11)12(15)16-4-2/h5-8H,3-4H2,1-2H3. The van der Waals surface area contributed by atoms with Crippen molar-refractivity contribution in [2.45, 2.75) is 20.3 Å². The molecular weight excluding hydrogens is 204 g/mol. The summed E-state index contributed by atoms with van der Waals surface area (Å²) in [5.74, 6) is -0.314. The Labute approximate surface area is 93.8 Å². The molecular formula is C12H14N2O2. The van der Waals surface area contributed by atoms with Gasteiger partial charge in [-0.05, 0) is 25.5 Å². The molecule has 0 aromatic carbocycles. The second-order valence-corrected chi connectivity index (χ2v) is 3.45. The number of carbonyl (C=O) groups excluding carboxylic acids is 1. The van der Waals surface area contributed by atoms with E-state index in [1.807, 2.05) is 18.2 Å². The van der Waals surface area contributed by atoms with Gasteiger partial charge in [-0.15, -0.1) is 0 Å². The molecule has 2 rings (SSSR count). The van der Waals surface area contributed by atoms with Gasteiger partial charge in [-0.1, -0.05) is 13.0 Å². The molecule has 0 saturated carbocycles. The smallest absolute Gasteiger partial charge is 0.341 e. The van der Waals surface area contributed by atoms with Gasteiger partial charge in [0.1, 0.15) is 5.56 Å². The van der Waals surface area contributed by atoms with Crippen molar-refractivity contribution in [1.29, 1.82) is 0 Å². The third-order valence-corrected chi connectivity index (χ3v) is 2.48. The zero-order valence-electron chi connectivity index (χ0n) is 9.43. The number of carbonyl (C=O) groups is 1. The van der Waals surface area contributed by atoms with Crippen LogP contribution in [0.25, 0.3) is 5.52 Å². The summed E-state index contributed by atoms with van der Waals surface area (Å²) in [6.07, 6.45) is 2.44. The minimum atomic E-state index is -0.314. The SMILES string of the molecule is CCOC(=O)c1cnn2c(CC)cccc12. The molecule has 0 aliphatic heterocycles. The molecule has 0 aliphatic rings. The van der Waals surface area contributed by atoms with Crippen molar-refractivity contribution >= 4 is 11.5 Å². The zero-order valence-corrected chi connectivity index (χ0v) is 9.43. The molecule has 0 radical (unpaired) electrons. The lowest BCUT2D eigenvalue weighted by Gasteiger charge is -2.02. The summed E-state index contributed by atoms with van der Waals surface area (Å²) < 4.78 is 6.76. The van der Waals surface area contributed by atoms with Crippen molar-refractivity contribution in [1.82, 2.24) is 9.61 Å². The van der Waals surface area contributed by atoms with Gasteiger partial charge in [0.2, 0.25) is 0 Å². The summed E-state index contributed by atoms with van der Waals surface area (Å²) in [5, 5.41) is 4.21. The van der Waals surface area contributed by atoms with Crippen LogP contribution in [0, 0.1) is 0 Å². The Balaban J connectivity index is 2.53. The van der Waals surface area contributed by atoms with Crippen molar-refractivity contribution in [3.8, 4) is 0 Å². The van der Waals surface area contributed by atoms with E-state index in [1.165, 1.54) is 0 Å². The maximum absolute atomic E-state index is 11.6. The van der Waals surface area contributed by atoms with Crippen molar-refractivity contribution < 1.29 is 9.53 Å². The Morgan fingerprint density at radius 2 is 2.25 bits per heavy atom. The predicted octanol–water partition coefficient (Wildman–Crippen LogP) is 2.07. The summed E-state index contributed by atoms with van der Waals surface area (Å²) in [6, 6.07) is 5.80. The van der Waals surface area contributed by atoms with Crippen LogP contribution in [0.4, 0.5) is 0 Å². The summed E-state index contributed by atoms with van der Waals surface area (Å²) in [7, 11) is 0. The van der Waals surface area contributed by atoms with Gasteiger partial charge in [0.15, 0.2) is 0 Å². The van der Waals surface area contributed by atoms with E-state index in [1.54, 1.807) is 17.6 Å². The fourth-order valence-electron chi connectivity index (χ4n) is 1.70. The van der Waals surface area contributed by atoms with Crippen molar-refractivity contribution in [3.05, 3.63) is 35.7 Å². The predicted molar refractivity (Wildman–Crippen MR) is 60.5 cm³/mol. The highest BCUT2D eigenvalue weighted by Gasteiger charge is 2.14. The van der Waals surface area contributed by atoms with Crippen molar-refractivity contribution in [2.75, 3.05) is 6.61 Å². The molecule has 0 spiro atoms. The average molecular weight is 218 g/mol. The topological polar surface area (TPSA) is 43.6 Å². The van der Waals surface area contributed by atoms with Crippen LogP contribution < -0.4 is 0 Å². The van der Waals surface area contributed by atoms with Crippen molar-refractivity contribution in [3.63, 3.8) is 0 Å². The molecule has 2 aromatic heterocycles. The van der Waals surface area contributed by atoms with Gasteiger partial charge < -0.3 is 4.74 Å². The molecule has 0 atom stereocenters. The Hall–Kier alpha value is -1.84. The van der Waals surface area contributed by atoms with E-state index < -0.39 is 0 Å². The van der Waals surface area contributed by atoms with Crippen LogP contribution in [-0.4, -0.2) is 22.2 Å². The number of esters is 1. The van der Waals surface area contributed by atoms with E-state index in [-0.39, 0.29) is 5.97 Å². The number of nitrogens with zero attached hydrogens (tertiary/aromatic N) is 2. The lowest BCUT2D eigenvalue weighted by Crippen LogP contribution is -2.04. The quantitative estimate of drug-likeness (QED) is 0.741. The molecule has 4 heteroatoms. The number of ether oxygens (including phenoxy) is 1. The monoisotopic (exact) mass is 218 g/mol. The highest BCUT2D eigenvalue weighted by molar-refractivity contribution is 5.96. The lowest BCUT2D eigenvalue weighted by molar-refractivity contribution is 0.0528. The molecule has 0 saturated heterocycles. The summed E-state index contributed by atoms with van der Waals surface area (Å²) in [6.45, 7) is 4.23. The Bertz CT molecular complexity index is 517. The Morgan fingerprint density at radius 3 is 2.94 bits per heavy atom. The van der Waals surface area contributed by atoms with Gasteiger partial charge in [0.05, 0.1) is 18.3 Å². The summed E-state index contributed by atoms with van der Waals surface area (Å²) in [5.41, 5.74) is 2.41. The number of fused-ring (bicyclic) bond motifs is 1. The maximum Gasteiger partial charge on any atom is 0.341 e. The molecule has 4 nitrogen and oxygen atoms in total. The van der Waals surface area contributed by atoms with Crippen LogP contribution in [0.15, 0.2) is 24.4 Å². The van der Waals surface area contributed by atoms with E-state index in [2.05, 4.69) is 12.0 Å². The van der Waals surface area contributed by atoms with Gasteiger partial charge in [-0.3, -0.25) is 0 Å². The first kappa shape index (κ1) is 10.7. The Kier molecular flexibility index (Phi) is 2.90. The van der Waals surface area contributed by atoms with Gasteiger partial charge in [0, 0.05) is 5.69 Å².